The Labute approximate surface area is 127 Å². The molecule has 1 aromatic carbocycles. The Morgan fingerprint density at radius 1 is 1.35 bits per heavy atom. The van der Waals surface area contributed by atoms with Crippen LogP contribution < -0.4 is 0 Å². The molecule has 1 aromatic heterocycles. The van der Waals surface area contributed by atoms with Gasteiger partial charge in [0.15, 0.2) is 5.82 Å². The molecule has 0 amide bonds. The third kappa shape index (κ3) is 4.23. The summed E-state index contributed by atoms with van der Waals surface area (Å²) in [4.78, 5) is 5.26. The molecule has 2 rings (SSSR count). The Balaban J connectivity index is 1.92. The second kappa shape index (κ2) is 7.11. The molecule has 6 heteroatoms. The van der Waals surface area contributed by atoms with Gasteiger partial charge in [-0.3, -0.25) is 0 Å². The van der Waals surface area contributed by atoms with Gasteiger partial charge in [0, 0.05) is 4.90 Å². The Kier molecular flexibility index (Phi) is 5.46. The Morgan fingerprint density at radius 3 is 2.80 bits per heavy atom. The van der Waals surface area contributed by atoms with Gasteiger partial charge < -0.3 is 9.63 Å². The molecule has 108 valence electrons. The van der Waals surface area contributed by atoms with E-state index in [0.717, 1.165) is 9.92 Å². The fraction of sp³-hybridized carbons (Fsp3) is 0.429. The molecule has 1 N–H and O–H groups in total. The minimum absolute atomic E-state index is 0.169. The summed E-state index contributed by atoms with van der Waals surface area (Å²) in [6.07, 6.45) is -0.0685. The van der Waals surface area contributed by atoms with Crippen molar-refractivity contribution in [2.75, 3.05) is 0 Å². The number of hydrogen-bond acceptors (Lipinski definition) is 5. The lowest BCUT2D eigenvalue weighted by Crippen LogP contribution is -2.17. The zero-order valence-electron chi connectivity index (χ0n) is 11.4. The van der Waals surface area contributed by atoms with Gasteiger partial charge in [-0.15, -0.1) is 11.8 Å². The number of thioether (sulfide) groups is 1. The molecule has 0 bridgehead atoms. The van der Waals surface area contributed by atoms with E-state index in [0.29, 0.717) is 23.9 Å². The van der Waals surface area contributed by atoms with E-state index in [1.807, 2.05) is 38.1 Å². The first kappa shape index (κ1) is 15.4. The first-order valence-corrected chi connectivity index (χ1v) is 7.79. The van der Waals surface area contributed by atoms with E-state index in [-0.39, 0.29) is 5.92 Å². The van der Waals surface area contributed by atoms with Crippen molar-refractivity contribution in [2.45, 2.75) is 37.0 Å². The highest BCUT2D eigenvalue weighted by molar-refractivity contribution is 7.98. The SMILES string of the molecule is CC(C)C(O)Cc1nc(CSc2ccccc2Cl)no1. The van der Waals surface area contributed by atoms with Gasteiger partial charge >= 0.3 is 0 Å². The van der Waals surface area contributed by atoms with E-state index in [2.05, 4.69) is 10.1 Å². The van der Waals surface area contributed by atoms with Crippen LogP contribution in [0.25, 0.3) is 0 Å². The number of halogens is 1. The topological polar surface area (TPSA) is 59.2 Å². The molecule has 1 heterocycles. The maximum atomic E-state index is 9.78. The summed E-state index contributed by atoms with van der Waals surface area (Å²) < 4.78 is 5.14. The van der Waals surface area contributed by atoms with Gasteiger partial charge in [0.2, 0.25) is 5.89 Å². The molecule has 20 heavy (non-hydrogen) atoms. The highest BCUT2D eigenvalue weighted by atomic mass is 35.5. The number of rotatable bonds is 6. The molecule has 2 aromatic rings. The van der Waals surface area contributed by atoms with Gasteiger partial charge in [-0.2, -0.15) is 4.98 Å². The maximum absolute atomic E-state index is 9.78. The summed E-state index contributed by atoms with van der Waals surface area (Å²) in [6.45, 7) is 3.91. The van der Waals surface area contributed by atoms with E-state index in [9.17, 15) is 5.11 Å². The fourth-order valence-electron chi connectivity index (χ4n) is 1.55. The van der Waals surface area contributed by atoms with Gasteiger partial charge in [0.05, 0.1) is 23.3 Å². The molecule has 1 unspecified atom stereocenters. The average molecular weight is 313 g/mol. The number of hydrogen-bond donors (Lipinski definition) is 1. The van der Waals surface area contributed by atoms with E-state index in [4.69, 9.17) is 16.1 Å². The molecule has 0 saturated heterocycles. The van der Waals surface area contributed by atoms with E-state index in [1.54, 1.807) is 11.8 Å². The third-order valence-electron chi connectivity index (χ3n) is 2.86. The summed E-state index contributed by atoms with van der Waals surface area (Å²) >= 11 is 7.64. The van der Waals surface area contributed by atoms with Gasteiger partial charge in [-0.05, 0) is 18.1 Å². The smallest absolute Gasteiger partial charge is 0.229 e. The number of benzene rings is 1. The predicted molar refractivity (Wildman–Crippen MR) is 79.9 cm³/mol. The van der Waals surface area contributed by atoms with Crippen LogP contribution in [0.4, 0.5) is 0 Å². The summed E-state index contributed by atoms with van der Waals surface area (Å²) in [5.41, 5.74) is 0. The van der Waals surface area contributed by atoms with Crippen molar-refractivity contribution in [1.29, 1.82) is 0 Å². The summed E-state index contributed by atoms with van der Waals surface area (Å²) in [6, 6.07) is 7.64. The quantitative estimate of drug-likeness (QED) is 0.826. The highest BCUT2D eigenvalue weighted by Crippen LogP contribution is 2.28. The van der Waals surface area contributed by atoms with E-state index in [1.165, 1.54) is 0 Å². The number of aromatic nitrogens is 2. The van der Waals surface area contributed by atoms with Crippen LogP contribution in [0, 0.1) is 5.92 Å². The Hall–Kier alpha value is -1.04. The second-order valence-corrected chi connectivity index (χ2v) is 6.26. The molecule has 0 saturated carbocycles. The molecular weight excluding hydrogens is 296 g/mol. The number of nitrogens with zero attached hydrogens (tertiary/aromatic N) is 2. The van der Waals surface area contributed by atoms with Crippen molar-refractivity contribution in [3.05, 3.63) is 41.0 Å². The lowest BCUT2D eigenvalue weighted by atomic mass is 10.0. The number of aliphatic hydroxyl groups is 1. The van der Waals surface area contributed by atoms with Crippen molar-refractivity contribution < 1.29 is 9.63 Å². The van der Waals surface area contributed by atoms with Crippen molar-refractivity contribution in [3.8, 4) is 0 Å². The minimum atomic E-state index is -0.459. The van der Waals surface area contributed by atoms with E-state index < -0.39 is 6.10 Å². The summed E-state index contributed by atoms with van der Waals surface area (Å²) in [5, 5.41) is 14.4. The second-order valence-electron chi connectivity index (χ2n) is 4.84. The van der Waals surface area contributed by atoms with Crippen LogP contribution >= 0.6 is 23.4 Å². The monoisotopic (exact) mass is 312 g/mol. The van der Waals surface area contributed by atoms with E-state index >= 15 is 0 Å². The first-order chi connectivity index (χ1) is 9.56. The minimum Gasteiger partial charge on any atom is -0.392 e. The molecule has 0 spiro atoms. The van der Waals surface area contributed by atoms with Crippen LogP contribution in [0.15, 0.2) is 33.7 Å². The van der Waals surface area contributed by atoms with Crippen molar-refractivity contribution >= 4 is 23.4 Å². The molecule has 4 nitrogen and oxygen atoms in total. The molecule has 0 aliphatic rings. The Bertz CT molecular complexity index is 560. The molecular formula is C14H17ClN2O2S. The molecule has 0 radical (unpaired) electrons. The van der Waals surface area contributed by atoms with Gasteiger partial charge in [0.1, 0.15) is 0 Å². The van der Waals surface area contributed by atoms with Gasteiger partial charge in [0.25, 0.3) is 0 Å². The predicted octanol–water partition coefficient (Wildman–Crippen LogP) is 3.57. The number of aliphatic hydroxyl groups excluding tert-OH is 1. The molecule has 0 aliphatic carbocycles. The van der Waals surface area contributed by atoms with Crippen molar-refractivity contribution in [3.63, 3.8) is 0 Å². The highest BCUT2D eigenvalue weighted by Gasteiger charge is 2.15. The summed E-state index contributed by atoms with van der Waals surface area (Å²) in [5.74, 6) is 1.84. The van der Waals surface area contributed by atoms with Gasteiger partial charge in [-0.25, -0.2) is 0 Å². The van der Waals surface area contributed by atoms with Gasteiger partial charge in [-0.1, -0.05) is 42.7 Å². The zero-order chi connectivity index (χ0) is 14.5. The summed E-state index contributed by atoms with van der Waals surface area (Å²) in [7, 11) is 0. The normalized spacial score (nSPS) is 12.8. The molecule has 0 fully saturated rings. The Morgan fingerprint density at radius 2 is 2.10 bits per heavy atom. The fourth-order valence-corrected chi connectivity index (χ4v) is 2.63. The average Bonchev–Trinajstić information content (AvgIpc) is 2.85. The van der Waals surface area contributed by atoms with Crippen LogP contribution in [0.5, 0.6) is 0 Å². The lowest BCUT2D eigenvalue weighted by Gasteiger charge is -2.10. The standard InChI is InChI=1S/C14H17ClN2O2S/c1-9(2)11(18)7-14-16-13(17-19-14)8-20-12-6-4-3-5-10(12)15/h3-6,9,11,18H,7-8H2,1-2H3. The maximum Gasteiger partial charge on any atom is 0.229 e. The lowest BCUT2D eigenvalue weighted by molar-refractivity contribution is 0.116. The van der Waals surface area contributed by atoms with Crippen LogP contribution in [0.3, 0.4) is 0 Å². The van der Waals surface area contributed by atoms with Crippen LogP contribution in [0.1, 0.15) is 25.6 Å². The molecule has 1 atom stereocenters. The molecule has 0 aliphatic heterocycles. The van der Waals surface area contributed by atoms with Crippen molar-refractivity contribution in [1.82, 2.24) is 10.1 Å². The van der Waals surface area contributed by atoms with Crippen LogP contribution in [0.2, 0.25) is 5.02 Å². The van der Waals surface area contributed by atoms with Crippen molar-refractivity contribution in [2.24, 2.45) is 5.92 Å². The third-order valence-corrected chi connectivity index (χ3v) is 4.37. The first-order valence-electron chi connectivity index (χ1n) is 6.43. The van der Waals surface area contributed by atoms with Crippen LogP contribution in [-0.4, -0.2) is 21.4 Å². The largest absolute Gasteiger partial charge is 0.392 e. The zero-order valence-corrected chi connectivity index (χ0v) is 13.0. The van der Waals surface area contributed by atoms with Crippen LogP contribution in [-0.2, 0) is 12.2 Å².